The maximum atomic E-state index is 13.3. The van der Waals surface area contributed by atoms with Crippen molar-refractivity contribution in [2.45, 2.75) is 13.1 Å². The van der Waals surface area contributed by atoms with Gasteiger partial charge in [-0.05, 0) is 94.1 Å². The topological polar surface area (TPSA) is 56.5 Å². The molecule has 3 aromatic carbocycles. The van der Waals surface area contributed by atoms with E-state index < -0.39 is 17.3 Å². The quantitative estimate of drug-likeness (QED) is 0.176. The van der Waals surface area contributed by atoms with E-state index in [0.717, 1.165) is 29.7 Å². The highest BCUT2D eigenvalue weighted by Gasteiger charge is 2.31. The molecule has 0 fully saturated rings. The van der Waals surface area contributed by atoms with Crippen LogP contribution in [0, 0.1) is 7.14 Å². The standard InChI is InChI=1S/C24H16F3I2N3O2/c1-2-34-21-18(28)10-14(11-19(21)29)13-30-32-22(15-6-5-7-16(12-15)24(25,26)27)31-20-9-4-3-8-17(20)23(32)33/h3-13H,2H2,1H3. The van der Waals surface area contributed by atoms with Crippen LogP contribution in [0.25, 0.3) is 22.3 Å². The zero-order valence-corrected chi connectivity index (χ0v) is 21.9. The second-order valence-corrected chi connectivity index (χ2v) is 9.46. The fourth-order valence-corrected chi connectivity index (χ4v) is 5.44. The van der Waals surface area contributed by atoms with Crippen LogP contribution in [-0.4, -0.2) is 22.5 Å². The molecule has 0 spiro atoms. The minimum Gasteiger partial charge on any atom is -0.492 e. The molecule has 174 valence electrons. The minimum atomic E-state index is -4.53. The van der Waals surface area contributed by atoms with Gasteiger partial charge in [-0.15, -0.1) is 0 Å². The van der Waals surface area contributed by atoms with Gasteiger partial charge in [0.15, 0.2) is 5.82 Å². The third-order valence-corrected chi connectivity index (χ3v) is 6.44. The monoisotopic (exact) mass is 689 g/mol. The maximum Gasteiger partial charge on any atom is 0.416 e. The van der Waals surface area contributed by atoms with Crippen LogP contribution in [0.2, 0.25) is 0 Å². The van der Waals surface area contributed by atoms with Gasteiger partial charge in [0.2, 0.25) is 0 Å². The van der Waals surface area contributed by atoms with E-state index in [-0.39, 0.29) is 11.4 Å². The number of hydrogen-bond donors (Lipinski definition) is 0. The molecule has 0 aliphatic rings. The predicted octanol–water partition coefficient (Wildman–Crippen LogP) is 6.57. The van der Waals surface area contributed by atoms with Gasteiger partial charge in [0.05, 0.1) is 36.4 Å². The van der Waals surface area contributed by atoms with Gasteiger partial charge in [-0.25, -0.2) is 4.98 Å². The van der Waals surface area contributed by atoms with Crippen LogP contribution in [0.1, 0.15) is 18.1 Å². The van der Waals surface area contributed by atoms with Crippen LogP contribution >= 0.6 is 45.2 Å². The molecule has 0 atom stereocenters. The number of nitrogens with zero attached hydrogens (tertiary/aromatic N) is 3. The van der Waals surface area contributed by atoms with Crippen molar-refractivity contribution in [3.63, 3.8) is 0 Å². The van der Waals surface area contributed by atoms with E-state index >= 15 is 0 Å². The van der Waals surface area contributed by atoms with Crippen LogP contribution in [-0.2, 0) is 6.18 Å². The number of alkyl halides is 3. The van der Waals surface area contributed by atoms with Gasteiger partial charge in [-0.2, -0.15) is 22.9 Å². The van der Waals surface area contributed by atoms with Crippen LogP contribution in [0.4, 0.5) is 13.2 Å². The molecule has 4 aromatic rings. The highest BCUT2D eigenvalue weighted by atomic mass is 127. The zero-order chi connectivity index (χ0) is 24.5. The van der Waals surface area contributed by atoms with Gasteiger partial charge in [-0.3, -0.25) is 4.79 Å². The summed E-state index contributed by atoms with van der Waals surface area (Å²) < 4.78 is 48.4. The molecule has 4 rings (SSSR count). The molecule has 0 aliphatic carbocycles. The van der Waals surface area contributed by atoms with Crippen LogP contribution in [0.5, 0.6) is 5.75 Å². The average Bonchev–Trinajstić information content (AvgIpc) is 2.80. The summed E-state index contributed by atoms with van der Waals surface area (Å²) in [7, 11) is 0. The van der Waals surface area contributed by atoms with E-state index in [1.165, 1.54) is 18.3 Å². The largest absolute Gasteiger partial charge is 0.492 e. The molecule has 0 bridgehead atoms. The lowest BCUT2D eigenvalue weighted by molar-refractivity contribution is -0.137. The Kier molecular flexibility index (Phi) is 7.26. The second kappa shape index (κ2) is 10.0. The Morgan fingerprint density at radius 2 is 1.76 bits per heavy atom. The molecule has 34 heavy (non-hydrogen) atoms. The SMILES string of the molecule is CCOc1c(I)cc(C=Nn2c(-c3cccc(C(F)(F)F)c3)nc3ccccc3c2=O)cc1I. The van der Waals surface area contributed by atoms with E-state index in [1.807, 2.05) is 19.1 Å². The van der Waals surface area contributed by atoms with Gasteiger partial charge >= 0.3 is 6.18 Å². The molecule has 0 unspecified atom stereocenters. The fourth-order valence-electron chi connectivity index (χ4n) is 3.31. The second-order valence-electron chi connectivity index (χ2n) is 7.14. The van der Waals surface area contributed by atoms with Crippen molar-refractivity contribution >= 4 is 62.3 Å². The number of benzene rings is 3. The summed E-state index contributed by atoms with van der Waals surface area (Å²) in [6.07, 6.45) is -3.05. The number of aromatic nitrogens is 2. The van der Waals surface area contributed by atoms with Crippen molar-refractivity contribution in [1.29, 1.82) is 0 Å². The van der Waals surface area contributed by atoms with Crippen molar-refractivity contribution < 1.29 is 17.9 Å². The van der Waals surface area contributed by atoms with Gasteiger partial charge in [0, 0.05) is 5.56 Å². The third kappa shape index (κ3) is 5.11. The number of ether oxygens (including phenoxy) is 1. The highest BCUT2D eigenvalue weighted by Crippen LogP contribution is 2.32. The molecule has 10 heteroatoms. The lowest BCUT2D eigenvalue weighted by Gasteiger charge is -2.12. The Morgan fingerprint density at radius 3 is 2.44 bits per heavy atom. The Bertz CT molecular complexity index is 1440. The number of halogens is 5. The van der Waals surface area contributed by atoms with Crippen molar-refractivity contribution in [3.05, 3.63) is 89.3 Å². The van der Waals surface area contributed by atoms with Gasteiger partial charge in [-0.1, -0.05) is 24.3 Å². The van der Waals surface area contributed by atoms with Gasteiger partial charge in [0.1, 0.15) is 5.75 Å². The number of hydrogen-bond acceptors (Lipinski definition) is 4. The summed E-state index contributed by atoms with van der Waals surface area (Å²) in [5.74, 6) is 0.774. The normalized spacial score (nSPS) is 11.9. The van der Waals surface area contributed by atoms with Gasteiger partial charge < -0.3 is 4.74 Å². The molecule has 0 saturated carbocycles. The smallest absolute Gasteiger partial charge is 0.416 e. The molecule has 0 N–H and O–H groups in total. The van der Waals surface area contributed by atoms with E-state index in [1.54, 1.807) is 24.3 Å². The van der Waals surface area contributed by atoms with E-state index in [9.17, 15) is 18.0 Å². The van der Waals surface area contributed by atoms with Crippen molar-refractivity contribution in [3.8, 4) is 17.1 Å². The first-order chi connectivity index (χ1) is 16.2. The summed E-state index contributed by atoms with van der Waals surface area (Å²) >= 11 is 4.31. The van der Waals surface area contributed by atoms with E-state index in [4.69, 9.17) is 4.74 Å². The predicted molar refractivity (Wildman–Crippen MR) is 142 cm³/mol. The minimum absolute atomic E-state index is 0.0152. The molecular weight excluding hydrogens is 673 g/mol. The summed E-state index contributed by atoms with van der Waals surface area (Å²) in [6, 6.07) is 15.0. The summed E-state index contributed by atoms with van der Waals surface area (Å²) in [6.45, 7) is 2.42. The molecule has 0 radical (unpaired) electrons. The molecule has 5 nitrogen and oxygen atoms in total. The molecule has 0 amide bonds. The Balaban J connectivity index is 1.89. The third-order valence-electron chi connectivity index (χ3n) is 4.83. The number of para-hydroxylation sites is 1. The molecular formula is C24H16F3I2N3O2. The summed E-state index contributed by atoms with van der Waals surface area (Å²) in [5.41, 5.74) is -0.113. The lowest BCUT2D eigenvalue weighted by atomic mass is 10.1. The first-order valence-electron chi connectivity index (χ1n) is 10.0. The van der Waals surface area contributed by atoms with Crippen molar-refractivity contribution in [2.75, 3.05) is 6.61 Å². The lowest BCUT2D eigenvalue weighted by Crippen LogP contribution is -2.20. The number of fused-ring (bicyclic) bond motifs is 1. The first kappa shape index (κ1) is 24.6. The molecule has 1 heterocycles. The van der Waals surface area contributed by atoms with Crippen LogP contribution in [0.15, 0.2) is 70.6 Å². The average molecular weight is 689 g/mol. The Morgan fingerprint density at radius 1 is 1.06 bits per heavy atom. The zero-order valence-electron chi connectivity index (χ0n) is 17.6. The fraction of sp³-hybridized carbons (Fsp3) is 0.125. The summed E-state index contributed by atoms with van der Waals surface area (Å²) in [4.78, 5) is 17.7. The molecule has 1 aromatic heterocycles. The van der Waals surface area contributed by atoms with Crippen LogP contribution in [0.3, 0.4) is 0 Å². The maximum absolute atomic E-state index is 13.3. The highest BCUT2D eigenvalue weighted by molar-refractivity contribution is 14.1. The Hall–Kier alpha value is -2.48. The van der Waals surface area contributed by atoms with Gasteiger partial charge in [0.25, 0.3) is 5.56 Å². The van der Waals surface area contributed by atoms with Crippen LogP contribution < -0.4 is 10.3 Å². The van der Waals surface area contributed by atoms with Crippen molar-refractivity contribution in [1.82, 2.24) is 9.66 Å². The van der Waals surface area contributed by atoms with Crippen molar-refractivity contribution in [2.24, 2.45) is 5.10 Å². The molecule has 0 saturated heterocycles. The molecule has 0 aliphatic heterocycles. The summed E-state index contributed by atoms with van der Waals surface area (Å²) in [5, 5.41) is 4.65. The van der Waals surface area contributed by atoms with E-state index in [0.29, 0.717) is 23.1 Å². The first-order valence-corrected chi connectivity index (χ1v) is 12.2. The Labute approximate surface area is 219 Å². The van der Waals surface area contributed by atoms with E-state index in [2.05, 4.69) is 55.3 Å². The number of rotatable bonds is 5.